The number of hydrogen-bond acceptors (Lipinski definition) is 2. The van der Waals surface area contributed by atoms with E-state index in [1.54, 1.807) is 7.11 Å². The first-order valence-corrected chi connectivity index (χ1v) is 11.7. The van der Waals surface area contributed by atoms with Gasteiger partial charge in [-0.25, -0.2) is 0 Å². The maximum absolute atomic E-state index is 8.98. The van der Waals surface area contributed by atoms with Gasteiger partial charge in [0.05, 0.1) is 13.2 Å². The molecule has 0 atom stereocenters. The number of benzene rings is 4. The van der Waals surface area contributed by atoms with Crippen LogP contribution in [0.15, 0.2) is 78.9 Å². The molecule has 0 bridgehead atoms. The highest BCUT2D eigenvalue weighted by molar-refractivity contribution is 5.86. The third kappa shape index (κ3) is 5.26. The van der Waals surface area contributed by atoms with Gasteiger partial charge < -0.3 is 4.74 Å². The van der Waals surface area contributed by atoms with Crippen LogP contribution < -0.4 is 4.74 Å². The average molecular weight is 434 g/mol. The van der Waals surface area contributed by atoms with E-state index in [1.165, 1.54) is 44.2 Å². The summed E-state index contributed by atoms with van der Waals surface area (Å²) in [6, 6.07) is 30.6. The van der Waals surface area contributed by atoms with Crippen molar-refractivity contribution in [2.24, 2.45) is 5.92 Å². The zero-order chi connectivity index (χ0) is 23.2. The van der Waals surface area contributed by atoms with Crippen molar-refractivity contribution in [3.8, 4) is 22.9 Å². The molecule has 0 saturated heterocycles. The van der Waals surface area contributed by atoms with Gasteiger partial charge in [0.1, 0.15) is 5.75 Å². The van der Waals surface area contributed by atoms with Gasteiger partial charge in [0, 0.05) is 12.8 Å². The summed E-state index contributed by atoms with van der Waals surface area (Å²) in [4.78, 5) is 0. The molecular weight excluding hydrogens is 402 g/mol. The lowest BCUT2D eigenvalue weighted by molar-refractivity contribution is 0.410. The molecule has 0 aliphatic rings. The predicted octanol–water partition coefficient (Wildman–Crippen LogP) is 7.76. The van der Waals surface area contributed by atoms with Gasteiger partial charge in [0.25, 0.3) is 0 Å². The van der Waals surface area contributed by atoms with Crippen molar-refractivity contribution in [1.82, 2.24) is 0 Å². The van der Waals surface area contributed by atoms with Gasteiger partial charge in [-0.1, -0.05) is 80.6 Å². The first kappa shape index (κ1) is 22.6. The molecule has 0 aliphatic carbocycles. The monoisotopic (exact) mass is 433 g/mol. The summed E-state index contributed by atoms with van der Waals surface area (Å²) in [6.07, 6.45) is 3.19. The minimum Gasteiger partial charge on any atom is -0.496 e. The average Bonchev–Trinajstić information content (AvgIpc) is 2.83. The second-order valence-corrected chi connectivity index (χ2v) is 9.09. The molecule has 0 radical (unpaired) electrons. The van der Waals surface area contributed by atoms with E-state index in [2.05, 4.69) is 98.8 Å². The minimum atomic E-state index is 0.554. The number of methoxy groups -OCH3 is 1. The molecule has 4 aromatic carbocycles. The van der Waals surface area contributed by atoms with Gasteiger partial charge >= 0.3 is 0 Å². The number of nitriles is 1. The molecule has 0 saturated carbocycles. The fraction of sp³-hybridized carbons (Fsp3) is 0.258. The molecular formula is C31H31NO. The van der Waals surface area contributed by atoms with Gasteiger partial charge in [-0.2, -0.15) is 5.26 Å². The van der Waals surface area contributed by atoms with Crippen LogP contribution in [0, 0.1) is 17.2 Å². The van der Waals surface area contributed by atoms with E-state index in [4.69, 9.17) is 10.00 Å². The quantitative estimate of drug-likeness (QED) is 0.284. The normalized spacial score (nSPS) is 11.0. The summed E-state index contributed by atoms with van der Waals surface area (Å²) in [6.45, 7) is 4.51. The molecule has 0 unspecified atom stereocenters. The van der Waals surface area contributed by atoms with E-state index < -0.39 is 0 Å². The van der Waals surface area contributed by atoms with Crippen molar-refractivity contribution < 1.29 is 4.74 Å². The maximum atomic E-state index is 8.98. The molecule has 0 aromatic heterocycles. The van der Waals surface area contributed by atoms with Gasteiger partial charge in [-0.3, -0.25) is 0 Å². The van der Waals surface area contributed by atoms with Crippen molar-refractivity contribution in [3.05, 3.63) is 101 Å². The number of nitrogens with zero attached hydrogens (tertiary/aromatic N) is 1. The molecule has 166 valence electrons. The molecule has 0 fully saturated rings. The van der Waals surface area contributed by atoms with Gasteiger partial charge in [-0.05, 0) is 75.0 Å². The van der Waals surface area contributed by atoms with E-state index in [0.717, 1.165) is 25.0 Å². The molecule has 2 heteroatoms. The Hall–Kier alpha value is -3.57. The zero-order valence-corrected chi connectivity index (χ0v) is 19.8. The fourth-order valence-corrected chi connectivity index (χ4v) is 4.63. The first-order chi connectivity index (χ1) is 16.1. The topological polar surface area (TPSA) is 33.0 Å². The Bertz CT molecular complexity index is 1290. The third-order valence-electron chi connectivity index (χ3n) is 6.18. The summed E-state index contributed by atoms with van der Waals surface area (Å²) >= 11 is 0. The summed E-state index contributed by atoms with van der Waals surface area (Å²) < 4.78 is 5.75. The molecule has 0 amide bonds. The van der Waals surface area contributed by atoms with Gasteiger partial charge in [-0.15, -0.1) is 0 Å². The fourth-order valence-electron chi connectivity index (χ4n) is 4.63. The van der Waals surface area contributed by atoms with Crippen LogP contribution in [0.5, 0.6) is 5.75 Å². The van der Waals surface area contributed by atoms with Crippen LogP contribution in [0.1, 0.15) is 42.5 Å². The van der Waals surface area contributed by atoms with Crippen LogP contribution in [0.2, 0.25) is 0 Å². The van der Waals surface area contributed by atoms with Crippen LogP contribution in [-0.4, -0.2) is 7.11 Å². The summed E-state index contributed by atoms with van der Waals surface area (Å²) in [5.41, 5.74) is 7.56. The standard InChI is InChI=1S/C31H31NO/c1-22(2)18-27-19-23(8-7-17-32)13-15-30(27)26-14-16-31(33-3)28(21-26)20-25-11-6-10-24-9-4-5-12-29(24)25/h4-6,9-16,19,21-22H,7-8,18,20H2,1-3H3. The highest BCUT2D eigenvalue weighted by Crippen LogP contribution is 2.33. The Balaban J connectivity index is 1.75. The SMILES string of the molecule is COc1ccc(-c2ccc(CCC#N)cc2CC(C)C)cc1Cc1cccc2ccccc12. The first-order valence-electron chi connectivity index (χ1n) is 11.7. The third-order valence-corrected chi connectivity index (χ3v) is 6.18. The predicted molar refractivity (Wildman–Crippen MR) is 138 cm³/mol. The second-order valence-electron chi connectivity index (χ2n) is 9.09. The summed E-state index contributed by atoms with van der Waals surface area (Å²) in [5, 5.41) is 11.5. The molecule has 33 heavy (non-hydrogen) atoms. The van der Waals surface area contributed by atoms with E-state index in [9.17, 15) is 0 Å². The zero-order valence-electron chi connectivity index (χ0n) is 19.8. The van der Waals surface area contributed by atoms with Crippen LogP contribution in [0.4, 0.5) is 0 Å². The van der Waals surface area contributed by atoms with Crippen molar-refractivity contribution in [2.45, 2.75) is 39.5 Å². The van der Waals surface area contributed by atoms with Crippen LogP contribution in [0.3, 0.4) is 0 Å². The van der Waals surface area contributed by atoms with Crippen molar-refractivity contribution >= 4 is 10.8 Å². The van der Waals surface area contributed by atoms with Crippen LogP contribution in [0.25, 0.3) is 21.9 Å². The largest absolute Gasteiger partial charge is 0.496 e. The Labute approximate surface area is 197 Å². The Morgan fingerprint density at radius 1 is 0.848 bits per heavy atom. The number of hydrogen-bond donors (Lipinski definition) is 0. The number of aryl methyl sites for hydroxylation is 1. The van der Waals surface area contributed by atoms with E-state index in [1.807, 2.05) is 0 Å². The molecule has 0 aliphatic heterocycles. The molecule has 0 heterocycles. The second kappa shape index (κ2) is 10.4. The Morgan fingerprint density at radius 3 is 2.45 bits per heavy atom. The lowest BCUT2D eigenvalue weighted by Crippen LogP contribution is -2.00. The van der Waals surface area contributed by atoms with Crippen molar-refractivity contribution in [2.75, 3.05) is 7.11 Å². The van der Waals surface area contributed by atoms with Crippen molar-refractivity contribution in [1.29, 1.82) is 5.26 Å². The van der Waals surface area contributed by atoms with E-state index >= 15 is 0 Å². The lowest BCUT2D eigenvalue weighted by atomic mass is 9.89. The lowest BCUT2D eigenvalue weighted by Gasteiger charge is -2.17. The van der Waals surface area contributed by atoms with Gasteiger partial charge in [0.15, 0.2) is 0 Å². The molecule has 4 rings (SSSR count). The van der Waals surface area contributed by atoms with Crippen LogP contribution >= 0.6 is 0 Å². The highest BCUT2D eigenvalue weighted by atomic mass is 16.5. The number of fused-ring (bicyclic) bond motifs is 1. The van der Waals surface area contributed by atoms with E-state index in [-0.39, 0.29) is 0 Å². The van der Waals surface area contributed by atoms with Crippen molar-refractivity contribution in [3.63, 3.8) is 0 Å². The Morgan fingerprint density at radius 2 is 1.67 bits per heavy atom. The Kier molecular flexibility index (Phi) is 7.10. The minimum absolute atomic E-state index is 0.554. The maximum Gasteiger partial charge on any atom is 0.122 e. The van der Waals surface area contributed by atoms with E-state index in [0.29, 0.717) is 12.3 Å². The highest BCUT2D eigenvalue weighted by Gasteiger charge is 2.13. The summed E-state index contributed by atoms with van der Waals surface area (Å²) in [7, 11) is 1.75. The smallest absolute Gasteiger partial charge is 0.122 e. The summed E-state index contributed by atoms with van der Waals surface area (Å²) in [5.74, 6) is 1.48. The van der Waals surface area contributed by atoms with Gasteiger partial charge in [0.2, 0.25) is 0 Å². The number of rotatable bonds is 8. The number of ether oxygens (including phenoxy) is 1. The molecule has 0 N–H and O–H groups in total. The molecule has 4 aromatic rings. The molecule has 0 spiro atoms. The van der Waals surface area contributed by atoms with Crippen LogP contribution in [-0.2, 0) is 19.3 Å². The molecule has 2 nitrogen and oxygen atoms in total.